The lowest BCUT2D eigenvalue weighted by atomic mass is 10.4. The van der Waals surface area contributed by atoms with Crippen LogP contribution in [0.2, 0.25) is 0 Å². The van der Waals surface area contributed by atoms with Gasteiger partial charge < -0.3 is 4.74 Å². The molecule has 20 heavy (non-hydrogen) atoms. The van der Waals surface area contributed by atoms with E-state index in [4.69, 9.17) is 4.74 Å². The summed E-state index contributed by atoms with van der Waals surface area (Å²) in [6.45, 7) is 2.52. The van der Waals surface area contributed by atoms with Crippen molar-refractivity contribution in [1.82, 2.24) is 0 Å². The van der Waals surface area contributed by atoms with Crippen molar-refractivity contribution in [3.63, 3.8) is 0 Å². The molecule has 0 unspecified atom stereocenters. The molecule has 0 aliphatic rings. The van der Waals surface area contributed by atoms with Crippen molar-refractivity contribution in [3.8, 4) is 0 Å². The molecule has 0 bridgehead atoms. The molecule has 0 N–H and O–H groups in total. The molecule has 0 aromatic heterocycles. The van der Waals surface area contributed by atoms with Crippen molar-refractivity contribution in [1.29, 1.82) is 0 Å². The topological polar surface area (TPSA) is 26.3 Å². The summed E-state index contributed by atoms with van der Waals surface area (Å²) in [7, 11) is 0. The molecule has 0 amide bonds. The fraction of sp³-hybridized carbons (Fsp3) is 0.176. The van der Waals surface area contributed by atoms with Gasteiger partial charge in [-0.15, -0.1) is 0 Å². The van der Waals surface area contributed by atoms with Crippen LogP contribution in [0.25, 0.3) is 0 Å². The third kappa shape index (κ3) is 3.20. The van der Waals surface area contributed by atoms with Gasteiger partial charge in [-0.25, -0.2) is 4.79 Å². The number of benzene rings is 2. The minimum Gasteiger partial charge on any atom is -0.463 e. The molecule has 0 spiro atoms. The zero-order chi connectivity index (χ0) is 14.4. The van der Waals surface area contributed by atoms with E-state index < -0.39 is 6.89 Å². The van der Waals surface area contributed by atoms with E-state index in [9.17, 15) is 4.79 Å². The van der Waals surface area contributed by atoms with Crippen molar-refractivity contribution in [2.24, 2.45) is 0 Å². The highest BCUT2D eigenvalue weighted by molar-refractivity contribution is 7.88. The van der Waals surface area contributed by atoms with Gasteiger partial charge in [0.2, 0.25) is 0 Å². The maximum atomic E-state index is 12.0. The van der Waals surface area contributed by atoms with Gasteiger partial charge in [0.15, 0.2) is 0 Å². The molecular formula is C17H19O2P. The average molecular weight is 286 g/mol. The van der Waals surface area contributed by atoms with Crippen LogP contribution in [-0.2, 0) is 9.53 Å². The van der Waals surface area contributed by atoms with Crippen LogP contribution in [0.15, 0.2) is 60.7 Å². The highest BCUT2D eigenvalue weighted by Gasteiger charge is 2.18. The summed E-state index contributed by atoms with van der Waals surface area (Å²) in [4.78, 5) is 12.0. The smallest absolute Gasteiger partial charge is 0.331 e. The van der Waals surface area contributed by atoms with Gasteiger partial charge in [0.05, 0.1) is 6.61 Å². The van der Waals surface area contributed by atoms with Gasteiger partial charge in [-0.05, 0) is 31.1 Å². The Hall–Kier alpha value is -1.79. The predicted octanol–water partition coefficient (Wildman–Crippen LogP) is 2.65. The Balaban J connectivity index is 2.58. The van der Waals surface area contributed by atoms with Gasteiger partial charge in [-0.2, -0.15) is 0 Å². The third-order valence-corrected chi connectivity index (χ3v) is 6.70. The molecule has 0 radical (unpaired) electrons. The summed E-state index contributed by atoms with van der Waals surface area (Å²) in [5.41, 5.74) is 0. The lowest BCUT2D eigenvalue weighted by Crippen LogP contribution is -2.20. The molecule has 0 aliphatic carbocycles. The summed E-state index contributed by atoms with van der Waals surface area (Å²) >= 11 is 0. The second-order valence-electron chi connectivity index (χ2n) is 4.63. The Morgan fingerprint density at radius 2 is 1.45 bits per heavy atom. The first-order chi connectivity index (χ1) is 9.66. The third-order valence-electron chi connectivity index (χ3n) is 3.24. The van der Waals surface area contributed by atoms with Crippen LogP contribution in [0.5, 0.6) is 0 Å². The van der Waals surface area contributed by atoms with Crippen LogP contribution < -0.4 is 10.6 Å². The van der Waals surface area contributed by atoms with Gasteiger partial charge in [0.1, 0.15) is 0 Å². The molecule has 0 heterocycles. The van der Waals surface area contributed by atoms with Crippen molar-refractivity contribution < 1.29 is 9.53 Å². The number of rotatable bonds is 4. The minimum atomic E-state index is -1.86. The van der Waals surface area contributed by atoms with Gasteiger partial charge in [-0.1, -0.05) is 60.7 Å². The fourth-order valence-corrected chi connectivity index (χ4v) is 4.84. The molecule has 2 aromatic carbocycles. The van der Waals surface area contributed by atoms with E-state index in [2.05, 4.69) is 30.9 Å². The molecule has 2 aromatic rings. The second-order valence-corrected chi connectivity index (χ2v) is 8.07. The summed E-state index contributed by atoms with van der Waals surface area (Å²) in [6.07, 6.45) is 0. The molecular weight excluding hydrogens is 267 g/mol. The highest BCUT2D eigenvalue weighted by Crippen LogP contribution is 2.39. The Kier molecular flexibility index (Phi) is 4.81. The van der Waals surface area contributed by atoms with E-state index in [0.29, 0.717) is 6.61 Å². The van der Waals surface area contributed by atoms with Crippen molar-refractivity contribution in [3.05, 3.63) is 60.7 Å². The lowest BCUT2D eigenvalue weighted by molar-refractivity contribution is -0.134. The number of carbonyl (C=O) groups excluding carboxylic acids is 1. The quantitative estimate of drug-likeness (QED) is 0.638. The molecule has 0 fully saturated rings. The zero-order valence-electron chi connectivity index (χ0n) is 11.8. The molecule has 2 nitrogen and oxygen atoms in total. The largest absolute Gasteiger partial charge is 0.463 e. The van der Waals surface area contributed by atoms with Crippen LogP contribution in [0.4, 0.5) is 0 Å². The number of ether oxygens (including phenoxy) is 1. The lowest BCUT2D eigenvalue weighted by Gasteiger charge is -2.22. The SMILES string of the molecule is CCOC(=O)C=P(C)(c1ccccc1)c1ccccc1. The Morgan fingerprint density at radius 3 is 1.85 bits per heavy atom. The van der Waals surface area contributed by atoms with Gasteiger partial charge in [-0.3, -0.25) is 0 Å². The number of hydrogen-bond acceptors (Lipinski definition) is 2. The Bertz CT molecular complexity index is 574. The van der Waals surface area contributed by atoms with Crippen LogP contribution in [0, 0.1) is 0 Å². The number of carbonyl (C=O) groups is 1. The van der Waals surface area contributed by atoms with Crippen molar-refractivity contribution in [2.45, 2.75) is 6.92 Å². The van der Waals surface area contributed by atoms with Crippen LogP contribution in [-0.4, -0.2) is 25.0 Å². The fourth-order valence-electron chi connectivity index (χ4n) is 2.16. The zero-order valence-corrected chi connectivity index (χ0v) is 12.7. The van der Waals surface area contributed by atoms with Crippen molar-refractivity contribution >= 4 is 29.3 Å². The van der Waals surface area contributed by atoms with Crippen LogP contribution >= 0.6 is 6.89 Å². The first-order valence-corrected chi connectivity index (χ1v) is 8.97. The summed E-state index contributed by atoms with van der Waals surface area (Å²) in [6, 6.07) is 20.3. The number of esters is 1. The predicted molar refractivity (Wildman–Crippen MR) is 87.7 cm³/mol. The molecule has 0 aliphatic heterocycles. The Morgan fingerprint density at radius 1 is 1.00 bits per heavy atom. The first-order valence-electron chi connectivity index (χ1n) is 6.67. The molecule has 0 atom stereocenters. The van der Waals surface area contributed by atoms with Gasteiger partial charge >= 0.3 is 5.97 Å². The van der Waals surface area contributed by atoms with Crippen molar-refractivity contribution in [2.75, 3.05) is 13.3 Å². The standard InChI is InChI=1S/C17H19O2P/c1-3-19-17(18)14-20(2,15-10-6-4-7-11-15)16-12-8-5-9-13-16/h4-14H,3H2,1-2H3. The molecule has 0 saturated heterocycles. The second kappa shape index (κ2) is 6.58. The van der Waals surface area contributed by atoms with E-state index >= 15 is 0 Å². The summed E-state index contributed by atoms with van der Waals surface area (Å²) in [5, 5.41) is 2.36. The molecule has 2 rings (SSSR count). The summed E-state index contributed by atoms with van der Waals surface area (Å²) in [5.74, 6) is 1.53. The Labute approximate surface area is 120 Å². The average Bonchev–Trinajstić information content (AvgIpc) is 2.49. The minimum absolute atomic E-state index is 0.240. The van der Waals surface area contributed by atoms with Gasteiger partial charge in [0.25, 0.3) is 0 Å². The molecule has 3 heteroatoms. The van der Waals surface area contributed by atoms with Crippen LogP contribution in [0.1, 0.15) is 6.92 Å². The van der Waals surface area contributed by atoms with E-state index in [0.717, 1.165) is 0 Å². The van der Waals surface area contributed by atoms with E-state index in [1.807, 2.05) is 43.3 Å². The van der Waals surface area contributed by atoms with Gasteiger partial charge in [0, 0.05) is 5.80 Å². The molecule has 104 valence electrons. The monoisotopic (exact) mass is 286 g/mol. The van der Waals surface area contributed by atoms with E-state index in [1.165, 1.54) is 10.6 Å². The molecule has 0 saturated carbocycles. The normalized spacial score (nSPS) is 10.9. The van der Waals surface area contributed by atoms with E-state index in [1.54, 1.807) is 5.80 Å². The highest BCUT2D eigenvalue weighted by atomic mass is 31.2. The summed E-state index contributed by atoms with van der Waals surface area (Å²) < 4.78 is 5.11. The number of hydrogen-bond donors (Lipinski definition) is 0. The van der Waals surface area contributed by atoms with E-state index in [-0.39, 0.29) is 5.97 Å². The van der Waals surface area contributed by atoms with Crippen LogP contribution in [0.3, 0.4) is 0 Å². The maximum absolute atomic E-state index is 12.0. The maximum Gasteiger partial charge on any atom is 0.331 e. The first kappa shape index (κ1) is 14.6.